The Labute approximate surface area is 112 Å². The summed E-state index contributed by atoms with van der Waals surface area (Å²) in [6, 6.07) is 6.89. The van der Waals surface area contributed by atoms with Gasteiger partial charge in [-0.15, -0.1) is 0 Å². The van der Waals surface area contributed by atoms with Crippen LogP contribution in [0, 0.1) is 5.82 Å². The molecule has 1 atom stereocenters. The van der Waals surface area contributed by atoms with E-state index in [-0.39, 0.29) is 11.5 Å². The van der Waals surface area contributed by atoms with Gasteiger partial charge in [-0.05, 0) is 35.0 Å². The minimum absolute atomic E-state index is 0.265. The van der Waals surface area contributed by atoms with E-state index in [0.717, 1.165) is 0 Å². The van der Waals surface area contributed by atoms with Crippen molar-refractivity contribution < 1.29 is 13.9 Å². The molecule has 0 bridgehead atoms. The first kappa shape index (κ1) is 13.0. The fourth-order valence-electron chi connectivity index (χ4n) is 1.68. The molecule has 0 saturated heterocycles. The molecule has 0 aliphatic carbocycles. The van der Waals surface area contributed by atoms with Crippen LogP contribution in [0.5, 0.6) is 0 Å². The molecule has 0 unspecified atom stereocenters. The van der Waals surface area contributed by atoms with Crippen molar-refractivity contribution in [2.24, 2.45) is 0 Å². The van der Waals surface area contributed by atoms with Crippen LogP contribution in [0.2, 0.25) is 0 Å². The van der Waals surface area contributed by atoms with Gasteiger partial charge in [0.05, 0.1) is 10.2 Å². The smallest absolute Gasteiger partial charge is 0.303 e. The largest absolute Gasteiger partial charge is 0.456 e. The molecule has 1 aromatic carbocycles. The van der Waals surface area contributed by atoms with E-state index in [1.807, 2.05) is 0 Å². The van der Waals surface area contributed by atoms with Crippen molar-refractivity contribution in [1.82, 2.24) is 4.98 Å². The normalized spacial score (nSPS) is 12.4. The van der Waals surface area contributed by atoms with Gasteiger partial charge in [0.2, 0.25) is 0 Å². The van der Waals surface area contributed by atoms with Crippen molar-refractivity contribution in [3.63, 3.8) is 0 Å². The lowest BCUT2D eigenvalue weighted by Gasteiger charge is -2.12. The molecule has 0 radical (unpaired) electrons. The third kappa shape index (κ3) is 2.51. The molecule has 1 heterocycles. The SMILES string of the molecule is CC(=O)O[C@H](C)c1ccc2ccc(Br)c(F)c2n1. The molecule has 18 heavy (non-hydrogen) atoms. The third-order valence-electron chi connectivity index (χ3n) is 2.53. The zero-order chi connectivity index (χ0) is 13.3. The summed E-state index contributed by atoms with van der Waals surface area (Å²) < 4.78 is 19.3. The standard InChI is InChI=1S/C13H11BrFNO2/c1-7(18-8(2)17)11-6-4-9-3-5-10(14)12(15)13(9)16-11/h3-7H,1-2H3/t7-/m1/s1. The maximum absolute atomic E-state index is 13.9. The minimum Gasteiger partial charge on any atom is -0.456 e. The second-order valence-electron chi connectivity index (χ2n) is 3.92. The second kappa shape index (κ2) is 5.02. The number of aromatic nitrogens is 1. The van der Waals surface area contributed by atoms with Gasteiger partial charge in [0.25, 0.3) is 0 Å². The molecule has 0 amide bonds. The van der Waals surface area contributed by atoms with Gasteiger partial charge < -0.3 is 4.74 Å². The number of fused-ring (bicyclic) bond motifs is 1. The number of hydrogen-bond donors (Lipinski definition) is 0. The summed E-state index contributed by atoms with van der Waals surface area (Å²) in [5.74, 6) is -0.802. The van der Waals surface area contributed by atoms with Gasteiger partial charge in [0, 0.05) is 12.3 Å². The lowest BCUT2D eigenvalue weighted by atomic mass is 10.1. The topological polar surface area (TPSA) is 39.2 Å². The Hall–Kier alpha value is -1.49. The van der Waals surface area contributed by atoms with E-state index in [9.17, 15) is 9.18 Å². The van der Waals surface area contributed by atoms with Gasteiger partial charge in [-0.1, -0.05) is 12.1 Å². The van der Waals surface area contributed by atoms with Crippen molar-refractivity contribution in [2.45, 2.75) is 20.0 Å². The fraction of sp³-hybridized carbons (Fsp3) is 0.231. The lowest BCUT2D eigenvalue weighted by Crippen LogP contribution is -2.06. The molecule has 2 aromatic rings. The highest BCUT2D eigenvalue weighted by molar-refractivity contribution is 9.10. The Bertz CT molecular complexity index is 615. The number of nitrogens with zero attached hydrogens (tertiary/aromatic N) is 1. The second-order valence-corrected chi connectivity index (χ2v) is 4.78. The van der Waals surface area contributed by atoms with Gasteiger partial charge in [0.15, 0.2) is 5.82 Å². The summed E-state index contributed by atoms with van der Waals surface area (Å²) in [6.45, 7) is 3.03. The van der Waals surface area contributed by atoms with Crippen LogP contribution in [0.3, 0.4) is 0 Å². The maximum Gasteiger partial charge on any atom is 0.303 e. The molecular formula is C13H11BrFNO2. The van der Waals surface area contributed by atoms with E-state index in [4.69, 9.17) is 4.74 Å². The van der Waals surface area contributed by atoms with Crippen molar-refractivity contribution in [3.8, 4) is 0 Å². The monoisotopic (exact) mass is 311 g/mol. The Morgan fingerprint density at radius 2 is 2.06 bits per heavy atom. The highest BCUT2D eigenvalue weighted by atomic mass is 79.9. The Morgan fingerprint density at radius 1 is 1.39 bits per heavy atom. The van der Waals surface area contributed by atoms with Gasteiger partial charge in [-0.25, -0.2) is 9.37 Å². The Kier molecular flexibility index (Phi) is 3.61. The summed E-state index contributed by atoms with van der Waals surface area (Å²) in [5, 5.41) is 0.703. The zero-order valence-corrected chi connectivity index (χ0v) is 11.5. The minimum atomic E-state index is -0.495. The molecule has 5 heteroatoms. The molecule has 0 aliphatic rings. The zero-order valence-electron chi connectivity index (χ0n) is 9.91. The molecule has 0 N–H and O–H groups in total. The van der Waals surface area contributed by atoms with E-state index >= 15 is 0 Å². The number of ether oxygens (including phenoxy) is 1. The summed E-state index contributed by atoms with van der Waals surface area (Å²) in [4.78, 5) is 15.1. The number of hydrogen-bond acceptors (Lipinski definition) is 3. The molecule has 0 aliphatic heterocycles. The summed E-state index contributed by atoms with van der Waals surface area (Å²) in [6.07, 6.45) is -0.495. The number of rotatable bonds is 2. The number of benzene rings is 1. The first-order valence-electron chi connectivity index (χ1n) is 5.41. The Morgan fingerprint density at radius 3 is 2.72 bits per heavy atom. The summed E-state index contributed by atoms with van der Waals surface area (Å²) in [5.41, 5.74) is 0.788. The van der Waals surface area contributed by atoms with Crippen LogP contribution in [0.15, 0.2) is 28.7 Å². The van der Waals surface area contributed by atoms with Gasteiger partial charge in [-0.2, -0.15) is 0 Å². The van der Waals surface area contributed by atoms with E-state index in [1.165, 1.54) is 6.92 Å². The molecule has 2 rings (SSSR count). The first-order chi connectivity index (χ1) is 8.49. The fourth-order valence-corrected chi connectivity index (χ4v) is 2.00. The predicted molar refractivity (Wildman–Crippen MR) is 69.6 cm³/mol. The van der Waals surface area contributed by atoms with Crippen molar-refractivity contribution >= 4 is 32.8 Å². The number of halogens is 2. The van der Waals surface area contributed by atoms with Crippen molar-refractivity contribution in [3.05, 3.63) is 40.2 Å². The van der Waals surface area contributed by atoms with Crippen LogP contribution in [-0.2, 0) is 9.53 Å². The number of carbonyl (C=O) groups is 1. The molecule has 3 nitrogen and oxygen atoms in total. The van der Waals surface area contributed by atoms with Crippen LogP contribution >= 0.6 is 15.9 Å². The summed E-state index contributed by atoms with van der Waals surface area (Å²) >= 11 is 3.12. The predicted octanol–water partition coefficient (Wildman–Crippen LogP) is 3.76. The van der Waals surface area contributed by atoms with Crippen molar-refractivity contribution in [2.75, 3.05) is 0 Å². The van der Waals surface area contributed by atoms with Crippen LogP contribution in [0.1, 0.15) is 25.6 Å². The molecule has 0 spiro atoms. The molecule has 94 valence electrons. The van der Waals surface area contributed by atoms with Crippen LogP contribution in [0.4, 0.5) is 4.39 Å². The first-order valence-corrected chi connectivity index (χ1v) is 6.20. The molecule has 1 aromatic heterocycles. The number of esters is 1. The quantitative estimate of drug-likeness (QED) is 0.793. The van der Waals surface area contributed by atoms with E-state index in [1.54, 1.807) is 31.2 Å². The van der Waals surface area contributed by atoms with E-state index in [2.05, 4.69) is 20.9 Å². The summed E-state index contributed by atoms with van der Waals surface area (Å²) in [7, 11) is 0. The van der Waals surface area contributed by atoms with Gasteiger partial charge >= 0.3 is 5.97 Å². The molecule has 0 saturated carbocycles. The van der Waals surface area contributed by atoms with Crippen LogP contribution in [0.25, 0.3) is 10.9 Å². The Balaban J connectivity index is 2.49. The van der Waals surface area contributed by atoms with Gasteiger partial charge in [-0.3, -0.25) is 4.79 Å². The van der Waals surface area contributed by atoms with Crippen LogP contribution in [-0.4, -0.2) is 11.0 Å². The number of pyridine rings is 1. The maximum atomic E-state index is 13.9. The van der Waals surface area contributed by atoms with E-state index < -0.39 is 11.9 Å². The van der Waals surface area contributed by atoms with Gasteiger partial charge in [0.1, 0.15) is 11.6 Å². The van der Waals surface area contributed by atoms with Crippen molar-refractivity contribution in [1.29, 1.82) is 0 Å². The lowest BCUT2D eigenvalue weighted by molar-refractivity contribution is -0.145. The van der Waals surface area contributed by atoms with E-state index in [0.29, 0.717) is 15.6 Å². The molecular weight excluding hydrogens is 301 g/mol. The third-order valence-corrected chi connectivity index (χ3v) is 3.15. The average Bonchev–Trinajstić information content (AvgIpc) is 2.33. The van der Waals surface area contributed by atoms with Crippen LogP contribution < -0.4 is 0 Å². The highest BCUT2D eigenvalue weighted by Gasteiger charge is 2.13. The average molecular weight is 312 g/mol. The highest BCUT2D eigenvalue weighted by Crippen LogP contribution is 2.25. The molecule has 0 fully saturated rings. The number of carbonyl (C=O) groups excluding carboxylic acids is 1.